The molecule has 1 aliphatic rings. The number of hydrogen-bond acceptors (Lipinski definition) is 3. The maximum atomic E-state index is 12.5. The molecule has 3 aromatic rings. The molecular weight excluding hydrogens is 398 g/mol. The molecule has 0 unspecified atom stereocenters. The number of aryl methyl sites for hydroxylation is 1. The predicted molar refractivity (Wildman–Crippen MR) is 125 cm³/mol. The third-order valence-corrected chi connectivity index (χ3v) is 6.56. The van der Waals surface area contributed by atoms with Crippen LogP contribution >= 0.6 is 0 Å². The number of primary amides is 1. The Bertz CT molecular complexity index is 1120. The highest BCUT2D eigenvalue weighted by Gasteiger charge is 2.40. The topological polar surface area (TPSA) is 68.5 Å². The number of likely N-dealkylation sites (tertiary alicyclic amines) is 1. The van der Waals surface area contributed by atoms with Crippen molar-refractivity contribution in [2.24, 2.45) is 11.1 Å². The van der Waals surface area contributed by atoms with Gasteiger partial charge in [0.1, 0.15) is 0 Å². The summed E-state index contributed by atoms with van der Waals surface area (Å²) in [5.74, 6) is -0.188. The summed E-state index contributed by atoms with van der Waals surface area (Å²) in [6.45, 7) is 12.3. The van der Waals surface area contributed by atoms with Crippen molar-refractivity contribution >= 4 is 11.6 Å². The van der Waals surface area contributed by atoms with Crippen LogP contribution in [-0.4, -0.2) is 33.4 Å². The summed E-state index contributed by atoms with van der Waals surface area (Å²) in [4.78, 5) is 22.6. The maximum absolute atomic E-state index is 12.5. The first-order valence-corrected chi connectivity index (χ1v) is 11.0. The number of nitrogens with two attached hydrogens (primary N) is 1. The summed E-state index contributed by atoms with van der Waals surface area (Å²) in [6, 6.07) is 16.0. The third kappa shape index (κ3) is 4.90. The first-order valence-electron chi connectivity index (χ1n) is 11.0. The van der Waals surface area contributed by atoms with Crippen LogP contribution in [0.4, 0.5) is 5.69 Å². The van der Waals surface area contributed by atoms with Gasteiger partial charge in [-0.1, -0.05) is 54.1 Å². The molecule has 2 heterocycles. The molecule has 4 rings (SSSR count). The predicted octanol–water partition coefficient (Wildman–Crippen LogP) is 4.10. The summed E-state index contributed by atoms with van der Waals surface area (Å²) >= 11 is 0. The van der Waals surface area contributed by atoms with Gasteiger partial charge >= 0.3 is 0 Å². The Hall–Kier alpha value is -3.43. The van der Waals surface area contributed by atoms with Crippen LogP contribution in [0.25, 0.3) is 4.85 Å². The number of piperidine rings is 1. The van der Waals surface area contributed by atoms with Crippen LogP contribution in [0.1, 0.15) is 35.2 Å². The van der Waals surface area contributed by atoms with E-state index in [0.29, 0.717) is 12.1 Å². The van der Waals surface area contributed by atoms with Crippen molar-refractivity contribution in [3.63, 3.8) is 0 Å². The van der Waals surface area contributed by atoms with E-state index in [0.717, 1.165) is 50.3 Å². The minimum atomic E-state index is -0.477. The second-order valence-electron chi connectivity index (χ2n) is 8.88. The lowest BCUT2D eigenvalue weighted by molar-refractivity contribution is -0.130. The molecule has 0 saturated carbocycles. The quantitative estimate of drug-likeness (QED) is 0.577. The Labute approximate surface area is 189 Å². The Kier molecular flexibility index (Phi) is 6.38. The van der Waals surface area contributed by atoms with Crippen LogP contribution in [0, 0.1) is 18.9 Å². The first kappa shape index (κ1) is 21.8. The highest BCUT2D eigenvalue weighted by Crippen LogP contribution is 2.35. The van der Waals surface area contributed by atoms with E-state index in [1.807, 2.05) is 42.9 Å². The Balaban J connectivity index is 1.40. The largest absolute Gasteiger partial charge is 0.369 e. The second-order valence-corrected chi connectivity index (χ2v) is 8.88. The number of imidazole rings is 1. The lowest BCUT2D eigenvalue weighted by Gasteiger charge is -2.40. The van der Waals surface area contributed by atoms with Gasteiger partial charge in [0.2, 0.25) is 5.91 Å². The summed E-state index contributed by atoms with van der Waals surface area (Å²) in [5, 5.41) is 0. The van der Waals surface area contributed by atoms with Gasteiger partial charge in [0.05, 0.1) is 24.0 Å². The van der Waals surface area contributed by atoms with Crippen LogP contribution in [0.2, 0.25) is 0 Å². The van der Waals surface area contributed by atoms with Gasteiger partial charge in [0.15, 0.2) is 5.69 Å². The van der Waals surface area contributed by atoms with Gasteiger partial charge in [-0.05, 0) is 50.4 Å². The zero-order valence-electron chi connectivity index (χ0n) is 18.5. The number of nitrogens with zero attached hydrogens (tertiary/aromatic N) is 4. The summed E-state index contributed by atoms with van der Waals surface area (Å²) in [7, 11) is 0. The molecule has 0 radical (unpaired) electrons. The molecule has 6 heteroatoms. The van der Waals surface area contributed by atoms with Gasteiger partial charge in [-0.15, -0.1) is 0 Å². The van der Waals surface area contributed by atoms with Gasteiger partial charge in [0, 0.05) is 19.3 Å². The molecule has 164 valence electrons. The van der Waals surface area contributed by atoms with E-state index >= 15 is 0 Å². The highest BCUT2D eigenvalue weighted by molar-refractivity contribution is 5.81. The van der Waals surface area contributed by atoms with Crippen LogP contribution in [-0.2, 0) is 24.3 Å². The number of aromatic nitrogens is 2. The molecule has 1 saturated heterocycles. The monoisotopic (exact) mass is 427 g/mol. The minimum Gasteiger partial charge on any atom is -0.369 e. The van der Waals surface area contributed by atoms with E-state index in [4.69, 9.17) is 12.3 Å². The van der Waals surface area contributed by atoms with Crippen molar-refractivity contribution in [2.75, 3.05) is 13.1 Å². The van der Waals surface area contributed by atoms with E-state index in [-0.39, 0.29) is 5.91 Å². The van der Waals surface area contributed by atoms with Gasteiger partial charge < -0.3 is 10.3 Å². The number of rotatable bonds is 7. The molecule has 1 aliphatic heterocycles. The Morgan fingerprint density at radius 2 is 1.88 bits per heavy atom. The zero-order chi connectivity index (χ0) is 22.6. The van der Waals surface area contributed by atoms with E-state index < -0.39 is 5.41 Å². The molecule has 32 heavy (non-hydrogen) atoms. The molecule has 6 nitrogen and oxygen atoms in total. The van der Waals surface area contributed by atoms with Crippen molar-refractivity contribution in [1.29, 1.82) is 0 Å². The van der Waals surface area contributed by atoms with Gasteiger partial charge in [-0.3, -0.25) is 9.69 Å². The Morgan fingerprint density at radius 1 is 1.12 bits per heavy atom. The molecule has 2 N–H and O–H groups in total. The van der Waals surface area contributed by atoms with Crippen LogP contribution < -0.4 is 5.73 Å². The van der Waals surface area contributed by atoms with E-state index in [1.54, 1.807) is 0 Å². The molecule has 1 amide bonds. The fourth-order valence-corrected chi connectivity index (χ4v) is 4.59. The second kappa shape index (κ2) is 9.37. The van der Waals surface area contributed by atoms with Crippen LogP contribution in [0.5, 0.6) is 0 Å². The van der Waals surface area contributed by atoms with Crippen LogP contribution in [0.3, 0.4) is 0 Å². The summed E-state index contributed by atoms with van der Waals surface area (Å²) in [6.07, 6.45) is 6.01. The van der Waals surface area contributed by atoms with E-state index in [2.05, 4.69) is 44.4 Å². The summed E-state index contributed by atoms with van der Waals surface area (Å²) < 4.78 is 2.15. The average molecular weight is 428 g/mol. The van der Waals surface area contributed by atoms with Crippen LogP contribution in [0.15, 0.2) is 61.1 Å². The van der Waals surface area contributed by atoms with Crippen molar-refractivity contribution < 1.29 is 4.79 Å². The minimum absolute atomic E-state index is 0.188. The van der Waals surface area contributed by atoms with E-state index in [9.17, 15) is 4.79 Å². The molecule has 0 aliphatic carbocycles. The first-order chi connectivity index (χ1) is 15.5. The van der Waals surface area contributed by atoms with Gasteiger partial charge in [-0.25, -0.2) is 9.83 Å². The molecule has 1 aromatic heterocycles. The smallest absolute Gasteiger partial charge is 0.224 e. The molecule has 1 fully saturated rings. The van der Waals surface area contributed by atoms with Crippen molar-refractivity contribution in [1.82, 2.24) is 14.5 Å². The molecule has 0 atom stereocenters. The lowest BCUT2D eigenvalue weighted by atomic mass is 9.73. The highest BCUT2D eigenvalue weighted by atomic mass is 16.1. The zero-order valence-corrected chi connectivity index (χ0v) is 18.5. The number of carbonyl (C=O) groups is 1. The average Bonchev–Trinajstić information content (AvgIpc) is 3.22. The molecule has 0 bridgehead atoms. The third-order valence-electron chi connectivity index (χ3n) is 6.56. The SMILES string of the molecule is [C-]#[N+]c1ccc(Cn2cncc2CN2CCC(Cc3cccc(C)c3)(C(N)=O)CC2)cc1. The van der Waals surface area contributed by atoms with Crippen molar-refractivity contribution in [2.45, 2.75) is 39.3 Å². The van der Waals surface area contributed by atoms with Gasteiger partial charge in [0.25, 0.3) is 0 Å². The fraction of sp³-hybridized carbons (Fsp3) is 0.346. The maximum Gasteiger partial charge on any atom is 0.224 e. The lowest BCUT2D eigenvalue weighted by Crippen LogP contribution is -2.48. The number of hydrogen-bond donors (Lipinski definition) is 1. The number of amides is 1. The molecular formula is C26H29N5O. The Morgan fingerprint density at radius 3 is 2.53 bits per heavy atom. The molecule has 0 spiro atoms. The van der Waals surface area contributed by atoms with Crippen molar-refractivity contribution in [3.05, 3.63) is 94.9 Å². The van der Waals surface area contributed by atoms with Crippen molar-refractivity contribution in [3.8, 4) is 0 Å². The standard InChI is InChI=1S/C26H29N5O/c1-20-4-3-5-22(14-20)15-26(25(27)32)10-12-30(13-11-26)18-24-16-29-19-31(24)17-21-6-8-23(28-2)9-7-21/h3-9,14,16,19H,10-13,15,17-18H2,1H3,(H2,27,32). The van der Waals surface area contributed by atoms with Gasteiger partial charge in [-0.2, -0.15) is 0 Å². The number of benzene rings is 2. The van der Waals surface area contributed by atoms with E-state index in [1.165, 1.54) is 11.1 Å². The number of carbonyl (C=O) groups excluding carboxylic acids is 1. The fourth-order valence-electron chi connectivity index (χ4n) is 4.59. The molecule has 2 aromatic carbocycles. The summed E-state index contributed by atoms with van der Waals surface area (Å²) in [5.41, 5.74) is 10.8. The normalized spacial score (nSPS) is 15.9.